The van der Waals surface area contributed by atoms with E-state index < -0.39 is 5.41 Å². The van der Waals surface area contributed by atoms with Crippen molar-refractivity contribution < 1.29 is 19.4 Å². The van der Waals surface area contributed by atoms with Crippen LogP contribution in [0, 0.1) is 0 Å². The zero-order valence-corrected chi connectivity index (χ0v) is 21.0. The van der Waals surface area contributed by atoms with Crippen LogP contribution in [0.1, 0.15) is 54.7 Å². The lowest BCUT2D eigenvalue weighted by Gasteiger charge is -2.24. The number of amides is 1. The van der Waals surface area contributed by atoms with Gasteiger partial charge in [-0.2, -0.15) is 0 Å². The molecule has 0 spiro atoms. The first-order valence-corrected chi connectivity index (χ1v) is 13.0. The van der Waals surface area contributed by atoms with Crippen molar-refractivity contribution in [2.75, 3.05) is 18.7 Å². The fraction of sp³-hybridized carbons (Fsp3) is 0.385. The molecule has 5 rings (SSSR count). The average Bonchev–Trinajstić information content (AvgIpc) is 3.33. The molecule has 9 heteroatoms. The number of fused-ring (bicyclic) bond motifs is 1. The number of nitrogens with zero attached hydrogens (tertiary/aromatic N) is 1. The van der Waals surface area contributed by atoms with E-state index in [2.05, 4.69) is 22.5 Å². The largest absolute Gasteiger partial charge is 0.454 e. The highest BCUT2D eigenvalue weighted by Gasteiger charge is 2.52. The van der Waals surface area contributed by atoms with Gasteiger partial charge in [-0.1, -0.05) is 60.5 Å². The molecule has 1 amide bonds. The van der Waals surface area contributed by atoms with Gasteiger partial charge in [0.1, 0.15) is 0 Å². The number of hydrogen-bond donors (Lipinski definition) is 3. The summed E-state index contributed by atoms with van der Waals surface area (Å²) in [6, 6.07) is 13.0. The fourth-order valence-electron chi connectivity index (χ4n) is 4.51. The molecule has 1 aliphatic heterocycles. The molecule has 2 aliphatic rings. The highest BCUT2D eigenvalue weighted by atomic mass is 35.5. The number of aromatic nitrogens is 1. The van der Waals surface area contributed by atoms with Crippen LogP contribution in [0.4, 0.5) is 5.13 Å². The SMILES string of the molecule is CCCC(CO)NC(c1cnc(NC(=O)C2(c3ccc4c(c3)OCO4)CC2)s1)c1ccccc1Cl. The molecule has 1 saturated carbocycles. The normalized spacial score (nSPS) is 17.1. The van der Waals surface area contributed by atoms with Gasteiger partial charge in [-0.25, -0.2) is 4.98 Å². The number of aliphatic hydroxyl groups excluding tert-OH is 1. The zero-order valence-electron chi connectivity index (χ0n) is 19.4. The summed E-state index contributed by atoms with van der Waals surface area (Å²) in [4.78, 5) is 18.7. The third kappa shape index (κ3) is 4.89. The molecular weight excluding hydrogens is 486 g/mol. The minimum atomic E-state index is -0.573. The summed E-state index contributed by atoms with van der Waals surface area (Å²) in [5.74, 6) is 1.31. The number of anilines is 1. The summed E-state index contributed by atoms with van der Waals surface area (Å²) in [6.45, 7) is 2.31. The Labute approximate surface area is 213 Å². The molecule has 2 unspecified atom stereocenters. The van der Waals surface area contributed by atoms with Gasteiger partial charge in [0, 0.05) is 22.1 Å². The van der Waals surface area contributed by atoms with Crippen molar-refractivity contribution in [1.82, 2.24) is 10.3 Å². The lowest BCUT2D eigenvalue weighted by molar-refractivity contribution is -0.118. The zero-order chi connectivity index (χ0) is 24.4. The second-order valence-electron chi connectivity index (χ2n) is 8.96. The highest BCUT2D eigenvalue weighted by Crippen LogP contribution is 2.51. The third-order valence-corrected chi connectivity index (χ3v) is 7.94. The molecule has 0 bridgehead atoms. The number of thiazole rings is 1. The van der Waals surface area contributed by atoms with Crippen LogP contribution in [0.25, 0.3) is 0 Å². The Bertz CT molecular complexity index is 1210. The smallest absolute Gasteiger partial charge is 0.236 e. The Balaban J connectivity index is 1.36. The topological polar surface area (TPSA) is 92.7 Å². The summed E-state index contributed by atoms with van der Waals surface area (Å²) in [7, 11) is 0. The van der Waals surface area contributed by atoms with Gasteiger partial charge in [0.05, 0.1) is 18.1 Å². The van der Waals surface area contributed by atoms with Gasteiger partial charge in [-0.3, -0.25) is 4.79 Å². The van der Waals surface area contributed by atoms with Crippen molar-refractivity contribution in [1.29, 1.82) is 0 Å². The Kier molecular flexibility index (Phi) is 6.98. The van der Waals surface area contributed by atoms with Crippen molar-refractivity contribution in [3.63, 3.8) is 0 Å². The van der Waals surface area contributed by atoms with Crippen LogP contribution in [-0.2, 0) is 10.2 Å². The van der Waals surface area contributed by atoms with E-state index in [0.29, 0.717) is 21.7 Å². The van der Waals surface area contributed by atoms with Gasteiger partial charge in [0.15, 0.2) is 16.6 Å². The molecule has 7 nitrogen and oxygen atoms in total. The van der Waals surface area contributed by atoms with E-state index in [1.54, 1.807) is 6.20 Å². The number of nitrogens with one attached hydrogen (secondary N) is 2. The molecule has 1 aromatic heterocycles. The van der Waals surface area contributed by atoms with Crippen molar-refractivity contribution in [3.8, 4) is 11.5 Å². The van der Waals surface area contributed by atoms with Crippen molar-refractivity contribution in [2.24, 2.45) is 0 Å². The summed E-state index contributed by atoms with van der Waals surface area (Å²) >= 11 is 7.94. The first kappa shape index (κ1) is 24.1. The van der Waals surface area contributed by atoms with Gasteiger partial charge in [0.25, 0.3) is 0 Å². The van der Waals surface area contributed by atoms with E-state index in [1.165, 1.54) is 11.3 Å². The third-order valence-electron chi connectivity index (χ3n) is 6.61. The molecule has 1 fully saturated rings. The van der Waals surface area contributed by atoms with Gasteiger partial charge in [0.2, 0.25) is 12.7 Å². The maximum atomic E-state index is 13.3. The highest BCUT2D eigenvalue weighted by molar-refractivity contribution is 7.15. The first-order valence-electron chi connectivity index (χ1n) is 11.8. The Hall–Kier alpha value is -2.65. The van der Waals surface area contributed by atoms with E-state index in [1.807, 2.05) is 42.5 Å². The quantitative estimate of drug-likeness (QED) is 0.352. The average molecular weight is 514 g/mol. The number of halogens is 1. The summed E-state index contributed by atoms with van der Waals surface area (Å²) in [5.41, 5.74) is 1.26. The van der Waals surface area contributed by atoms with Crippen LogP contribution in [0.5, 0.6) is 11.5 Å². The number of rotatable bonds is 10. The summed E-state index contributed by atoms with van der Waals surface area (Å²) < 4.78 is 10.9. The standard InChI is InChI=1S/C26H28ClN3O4S/c1-2-5-17(14-31)29-23(18-6-3-4-7-19(18)27)22-13-28-25(35-22)30-24(32)26(10-11-26)16-8-9-20-21(12-16)34-15-33-20/h3-4,6-9,12-13,17,23,29,31H,2,5,10-11,14-15H2,1H3,(H,28,30,32). The van der Waals surface area contributed by atoms with Crippen LogP contribution in [0.3, 0.4) is 0 Å². The maximum Gasteiger partial charge on any atom is 0.236 e. The molecule has 0 radical (unpaired) electrons. The second-order valence-corrected chi connectivity index (χ2v) is 10.4. The van der Waals surface area contributed by atoms with Gasteiger partial charge >= 0.3 is 0 Å². The molecule has 3 aromatic rings. The Morgan fingerprint density at radius 2 is 2.03 bits per heavy atom. The lowest BCUT2D eigenvalue weighted by Crippen LogP contribution is -2.36. The summed E-state index contributed by atoms with van der Waals surface area (Å²) in [5, 5.41) is 17.6. The maximum absolute atomic E-state index is 13.3. The fourth-order valence-corrected chi connectivity index (χ4v) is 5.64. The molecule has 35 heavy (non-hydrogen) atoms. The summed E-state index contributed by atoms with van der Waals surface area (Å²) in [6.07, 6.45) is 5.09. The van der Waals surface area contributed by atoms with E-state index in [-0.39, 0.29) is 31.4 Å². The van der Waals surface area contributed by atoms with E-state index in [4.69, 9.17) is 21.1 Å². The van der Waals surface area contributed by atoms with Crippen molar-refractivity contribution in [3.05, 3.63) is 69.7 Å². The molecule has 2 heterocycles. The minimum absolute atomic E-state index is 0.0231. The van der Waals surface area contributed by atoms with Crippen molar-refractivity contribution >= 4 is 34.0 Å². The lowest BCUT2D eigenvalue weighted by atomic mass is 9.94. The molecule has 0 saturated heterocycles. The molecule has 2 aromatic carbocycles. The number of benzene rings is 2. The minimum Gasteiger partial charge on any atom is -0.454 e. The number of hydrogen-bond acceptors (Lipinski definition) is 7. The number of carbonyl (C=O) groups excluding carboxylic acids is 1. The Morgan fingerprint density at radius 1 is 1.23 bits per heavy atom. The number of carbonyl (C=O) groups is 1. The van der Waals surface area contributed by atoms with Crippen molar-refractivity contribution in [2.45, 2.75) is 50.1 Å². The molecule has 2 atom stereocenters. The van der Waals surface area contributed by atoms with Crippen LogP contribution in [0.15, 0.2) is 48.7 Å². The van der Waals surface area contributed by atoms with Gasteiger partial charge in [-0.05, 0) is 48.6 Å². The number of aliphatic hydroxyl groups is 1. The van der Waals surface area contributed by atoms with Crippen LogP contribution < -0.4 is 20.1 Å². The van der Waals surface area contributed by atoms with Crippen LogP contribution >= 0.6 is 22.9 Å². The van der Waals surface area contributed by atoms with Crippen LogP contribution in [0.2, 0.25) is 5.02 Å². The molecular formula is C26H28ClN3O4S. The monoisotopic (exact) mass is 513 g/mol. The molecule has 184 valence electrons. The van der Waals surface area contributed by atoms with Crippen LogP contribution in [-0.4, -0.2) is 35.4 Å². The predicted molar refractivity (Wildman–Crippen MR) is 136 cm³/mol. The molecule has 3 N–H and O–H groups in total. The Morgan fingerprint density at radius 3 is 2.77 bits per heavy atom. The van der Waals surface area contributed by atoms with E-state index >= 15 is 0 Å². The van der Waals surface area contributed by atoms with E-state index in [9.17, 15) is 9.90 Å². The van der Waals surface area contributed by atoms with Gasteiger partial charge in [-0.15, -0.1) is 0 Å². The molecule has 1 aliphatic carbocycles. The van der Waals surface area contributed by atoms with E-state index in [0.717, 1.165) is 41.7 Å². The van der Waals surface area contributed by atoms with Gasteiger partial charge < -0.3 is 25.2 Å². The first-order chi connectivity index (χ1) is 17.0. The number of ether oxygens (including phenoxy) is 2. The second kappa shape index (κ2) is 10.1. The predicted octanol–water partition coefficient (Wildman–Crippen LogP) is 5.04.